The Balaban J connectivity index is 2.66. The molecule has 0 aromatic heterocycles. The van der Waals surface area contributed by atoms with Crippen LogP contribution in [0.3, 0.4) is 0 Å². The van der Waals surface area contributed by atoms with E-state index in [9.17, 15) is 9.90 Å². The van der Waals surface area contributed by atoms with Gasteiger partial charge < -0.3 is 10.0 Å². The lowest BCUT2D eigenvalue weighted by atomic mass is 9.78. The highest BCUT2D eigenvalue weighted by atomic mass is 16.4. The lowest BCUT2D eigenvalue weighted by Crippen LogP contribution is -2.56. The Kier molecular flexibility index (Phi) is 4.05. The van der Waals surface area contributed by atoms with Gasteiger partial charge in [-0.1, -0.05) is 19.9 Å². The van der Waals surface area contributed by atoms with Gasteiger partial charge in [-0.25, -0.2) is 4.79 Å². The summed E-state index contributed by atoms with van der Waals surface area (Å²) in [6.07, 6.45) is 1.59. The van der Waals surface area contributed by atoms with E-state index in [1.54, 1.807) is 0 Å². The lowest BCUT2D eigenvalue weighted by molar-refractivity contribution is -0.139. The molecular weight excluding hydrogens is 262 g/mol. The van der Waals surface area contributed by atoms with Crippen molar-refractivity contribution in [3.8, 4) is 0 Å². The van der Waals surface area contributed by atoms with Crippen LogP contribution in [0.25, 0.3) is 0 Å². The van der Waals surface area contributed by atoms with E-state index in [-0.39, 0.29) is 5.54 Å². The van der Waals surface area contributed by atoms with Crippen LogP contribution >= 0.6 is 0 Å². The Morgan fingerprint density at radius 2 is 1.95 bits per heavy atom. The number of hydrogen-bond donors (Lipinski definition) is 1. The largest absolute Gasteiger partial charge is 0.480 e. The van der Waals surface area contributed by atoms with E-state index in [0.717, 1.165) is 12.1 Å². The number of fused-ring (bicyclic) bond motifs is 1. The summed E-state index contributed by atoms with van der Waals surface area (Å²) in [6.45, 7) is 12.7. The van der Waals surface area contributed by atoms with Crippen LogP contribution < -0.4 is 4.90 Å². The number of carbonyl (C=O) groups is 1. The van der Waals surface area contributed by atoms with Gasteiger partial charge in [0.25, 0.3) is 0 Å². The molecule has 0 fully saturated rings. The van der Waals surface area contributed by atoms with Gasteiger partial charge >= 0.3 is 5.97 Å². The zero-order valence-corrected chi connectivity index (χ0v) is 14.0. The first-order valence-corrected chi connectivity index (χ1v) is 7.82. The summed E-state index contributed by atoms with van der Waals surface area (Å²) in [6, 6.07) is 3.95. The van der Waals surface area contributed by atoms with E-state index in [0.29, 0.717) is 12.3 Å². The molecule has 1 aliphatic rings. The first kappa shape index (κ1) is 15.9. The third-order valence-corrected chi connectivity index (χ3v) is 4.87. The number of carboxylic acid groups (broad SMARTS) is 1. The summed E-state index contributed by atoms with van der Waals surface area (Å²) in [4.78, 5) is 13.9. The smallest absolute Gasteiger partial charge is 0.326 e. The lowest BCUT2D eigenvalue weighted by Gasteiger charge is -2.50. The molecule has 1 aromatic rings. The normalized spacial score (nSPS) is 21.8. The van der Waals surface area contributed by atoms with Crippen LogP contribution in [0.1, 0.15) is 63.1 Å². The maximum absolute atomic E-state index is 11.7. The molecule has 1 N–H and O–H groups in total. The minimum Gasteiger partial charge on any atom is -0.480 e. The van der Waals surface area contributed by atoms with Crippen LogP contribution in [0, 0.1) is 13.8 Å². The molecule has 2 atom stereocenters. The summed E-state index contributed by atoms with van der Waals surface area (Å²) >= 11 is 0. The van der Waals surface area contributed by atoms with Crippen molar-refractivity contribution in [2.24, 2.45) is 0 Å². The maximum atomic E-state index is 11.7. The summed E-state index contributed by atoms with van der Waals surface area (Å²) in [5, 5.41) is 9.63. The van der Waals surface area contributed by atoms with Crippen molar-refractivity contribution < 1.29 is 9.90 Å². The number of nitrogens with zero attached hydrogens (tertiary/aromatic N) is 1. The first-order valence-electron chi connectivity index (χ1n) is 7.82. The van der Waals surface area contributed by atoms with Crippen LogP contribution in [-0.2, 0) is 4.79 Å². The van der Waals surface area contributed by atoms with Gasteiger partial charge in [-0.2, -0.15) is 0 Å². The Morgan fingerprint density at radius 3 is 2.48 bits per heavy atom. The molecule has 3 heteroatoms. The Hall–Kier alpha value is -1.51. The van der Waals surface area contributed by atoms with Crippen molar-refractivity contribution in [3.05, 3.63) is 28.8 Å². The van der Waals surface area contributed by atoms with Crippen molar-refractivity contribution in [3.63, 3.8) is 0 Å². The quantitative estimate of drug-likeness (QED) is 0.904. The molecule has 2 unspecified atom stereocenters. The summed E-state index contributed by atoms with van der Waals surface area (Å²) in [5.41, 5.74) is 4.76. The number of aliphatic carboxylic acids is 1. The molecule has 0 saturated carbocycles. The predicted molar refractivity (Wildman–Crippen MR) is 87.2 cm³/mol. The molecule has 21 heavy (non-hydrogen) atoms. The monoisotopic (exact) mass is 289 g/mol. The topological polar surface area (TPSA) is 40.5 Å². The van der Waals surface area contributed by atoms with Crippen LogP contribution in [0.4, 0.5) is 5.69 Å². The Bertz CT molecular complexity index is 563. The molecule has 0 radical (unpaired) electrons. The minimum atomic E-state index is -0.732. The van der Waals surface area contributed by atoms with E-state index in [1.807, 2.05) is 6.92 Å². The third-order valence-electron chi connectivity index (χ3n) is 4.87. The van der Waals surface area contributed by atoms with Crippen LogP contribution in [0.5, 0.6) is 0 Å². The van der Waals surface area contributed by atoms with Crippen molar-refractivity contribution in [1.82, 2.24) is 0 Å². The van der Waals surface area contributed by atoms with E-state index in [1.165, 1.54) is 16.7 Å². The van der Waals surface area contributed by atoms with Gasteiger partial charge in [0, 0.05) is 11.2 Å². The molecule has 1 aromatic carbocycles. The van der Waals surface area contributed by atoms with Gasteiger partial charge in [0.1, 0.15) is 6.04 Å². The fraction of sp³-hybridized carbons (Fsp3) is 0.611. The Labute approximate surface area is 128 Å². The van der Waals surface area contributed by atoms with Gasteiger partial charge in [0.2, 0.25) is 0 Å². The first-order chi connectivity index (χ1) is 9.69. The van der Waals surface area contributed by atoms with Crippen molar-refractivity contribution in [2.75, 3.05) is 4.90 Å². The molecular formula is C18H27NO2. The highest BCUT2D eigenvalue weighted by molar-refractivity contribution is 5.80. The molecule has 3 nitrogen and oxygen atoms in total. The van der Waals surface area contributed by atoms with Gasteiger partial charge in [0.05, 0.1) is 0 Å². The number of carboxylic acids is 1. The summed E-state index contributed by atoms with van der Waals surface area (Å²) in [7, 11) is 0. The van der Waals surface area contributed by atoms with Crippen LogP contribution in [-0.4, -0.2) is 22.7 Å². The van der Waals surface area contributed by atoms with Crippen LogP contribution in [0.2, 0.25) is 0 Å². The second-order valence-corrected chi connectivity index (χ2v) is 7.05. The fourth-order valence-electron chi connectivity index (χ4n) is 3.77. The third kappa shape index (κ3) is 2.66. The van der Waals surface area contributed by atoms with E-state index < -0.39 is 12.0 Å². The average Bonchev–Trinajstić information content (AvgIpc) is 2.36. The maximum Gasteiger partial charge on any atom is 0.326 e. The molecule has 2 rings (SSSR count). The molecule has 0 saturated heterocycles. The molecule has 0 aliphatic carbocycles. The van der Waals surface area contributed by atoms with Gasteiger partial charge in [0.15, 0.2) is 0 Å². The number of hydrogen-bond acceptors (Lipinski definition) is 2. The number of anilines is 1. The molecule has 0 spiro atoms. The van der Waals surface area contributed by atoms with Crippen molar-refractivity contribution in [2.45, 2.75) is 71.9 Å². The summed E-state index contributed by atoms with van der Waals surface area (Å²) in [5.74, 6) is -0.277. The van der Waals surface area contributed by atoms with Gasteiger partial charge in [-0.3, -0.25) is 0 Å². The van der Waals surface area contributed by atoms with E-state index in [2.05, 4.69) is 51.7 Å². The zero-order valence-electron chi connectivity index (χ0n) is 14.0. The van der Waals surface area contributed by atoms with Crippen molar-refractivity contribution in [1.29, 1.82) is 0 Å². The Morgan fingerprint density at radius 1 is 1.38 bits per heavy atom. The van der Waals surface area contributed by atoms with E-state index >= 15 is 0 Å². The van der Waals surface area contributed by atoms with E-state index in [4.69, 9.17) is 0 Å². The van der Waals surface area contributed by atoms with Crippen molar-refractivity contribution >= 4 is 11.7 Å². The average molecular weight is 289 g/mol. The minimum absolute atomic E-state index is 0.146. The fourth-order valence-corrected chi connectivity index (χ4v) is 3.77. The molecule has 0 bridgehead atoms. The SMILES string of the molecule is CCC(C(=O)O)N1c2cc(C)c(C)cc2C(C)CC1(C)C. The summed E-state index contributed by atoms with van der Waals surface area (Å²) < 4.78 is 0. The highest BCUT2D eigenvalue weighted by Gasteiger charge is 2.41. The standard InChI is InChI=1S/C18H27NO2/c1-7-15(17(20)21)19-16-9-12(3)11(2)8-14(16)13(4)10-18(19,5)6/h8-9,13,15H,7,10H2,1-6H3,(H,20,21). The molecule has 116 valence electrons. The molecule has 0 amide bonds. The van der Waals surface area contributed by atoms with Crippen LogP contribution in [0.15, 0.2) is 12.1 Å². The number of benzene rings is 1. The zero-order chi connectivity index (χ0) is 15.9. The second-order valence-electron chi connectivity index (χ2n) is 7.05. The number of rotatable bonds is 3. The highest BCUT2D eigenvalue weighted by Crippen LogP contribution is 2.45. The van der Waals surface area contributed by atoms with Gasteiger partial charge in [-0.15, -0.1) is 0 Å². The molecule has 1 aliphatic heterocycles. The van der Waals surface area contributed by atoms with Gasteiger partial charge in [-0.05, 0) is 69.2 Å². The second kappa shape index (κ2) is 5.36. The number of aryl methyl sites for hydroxylation is 2. The predicted octanol–water partition coefficient (Wildman–Crippen LogP) is 4.26. The molecule has 1 heterocycles.